The Morgan fingerprint density at radius 3 is 2.05 bits per heavy atom. The minimum Gasteiger partial charge on any atom is -0.462 e. The second kappa shape index (κ2) is 21.7. The Balaban J connectivity index is 4.34. The predicted molar refractivity (Wildman–Crippen MR) is 146 cm³/mol. The molecule has 0 bridgehead atoms. The van der Waals surface area contributed by atoms with Crippen molar-refractivity contribution in [1.82, 2.24) is 0 Å². The molecule has 0 aromatic heterocycles. The monoisotopic (exact) mass is 550 g/mol. The van der Waals surface area contributed by atoms with E-state index in [-0.39, 0.29) is 26.1 Å². The van der Waals surface area contributed by atoms with Crippen LogP contribution < -0.4 is 0 Å². The smallest absolute Gasteiger partial charge is 0.462 e. The Labute approximate surface area is 225 Å². The number of quaternary nitrogens is 1. The quantitative estimate of drug-likeness (QED) is 0.0517. The third kappa shape index (κ3) is 24.8. The van der Waals surface area contributed by atoms with Crippen LogP contribution >= 0.6 is 7.82 Å². The molecule has 0 radical (unpaired) electrons. The van der Waals surface area contributed by atoms with Crippen LogP contribution in [0, 0.1) is 0 Å². The Morgan fingerprint density at radius 2 is 1.43 bits per heavy atom. The Hall–Kier alpha value is -1.25. The number of hydrogen-bond acceptors (Lipinski definition) is 7. The molecule has 0 aliphatic rings. The molecule has 0 amide bonds. The first-order chi connectivity index (χ1) is 17.5. The lowest BCUT2D eigenvalue weighted by Crippen LogP contribution is -2.37. The van der Waals surface area contributed by atoms with Gasteiger partial charge in [-0.2, -0.15) is 0 Å². The van der Waals surface area contributed by atoms with Gasteiger partial charge in [-0.25, -0.2) is 4.57 Å². The van der Waals surface area contributed by atoms with Gasteiger partial charge in [0.1, 0.15) is 19.8 Å². The molecule has 1 N–H and O–H groups in total. The molecular weight excluding hydrogens is 497 g/mol. The van der Waals surface area contributed by atoms with Gasteiger partial charge in [0.15, 0.2) is 6.10 Å². The molecule has 0 heterocycles. The SMILES string of the molecule is CCCCC/C=C\CCCCCCCC(=O)OC(COC(=O)CCC)COP(=O)(O)OCC[N+](C)(C)C. The van der Waals surface area contributed by atoms with Gasteiger partial charge in [-0.3, -0.25) is 18.6 Å². The maximum absolute atomic E-state index is 12.3. The number of phosphoric ester groups is 1. The fraction of sp³-hybridized carbons (Fsp3) is 0.852. The summed E-state index contributed by atoms with van der Waals surface area (Å²) < 4.78 is 33.3. The van der Waals surface area contributed by atoms with Gasteiger partial charge in [0, 0.05) is 12.8 Å². The highest BCUT2D eigenvalue weighted by atomic mass is 31.2. The third-order valence-electron chi connectivity index (χ3n) is 5.52. The van der Waals surface area contributed by atoms with Crippen LogP contribution in [0.1, 0.15) is 97.3 Å². The lowest BCUT2D eigenvalue weighted by atomic mass is 10.1. The summed E-state index contributed by atoms with van der Waals surface area (Å²) in [5.74, 6) is -0.875. The summed E-state index contributed by atoms with van der Waals surface area (Å²) >= 11 is 0. The number of hydrogen-bond donors (Lipinski definition) is 1. The molecule has 0 spiro atoms. The van der Waals surface area contributed by atoms with Crippen molar-refractivity contribution in [2.24, 2.45) is 0 Å². The zero-order valence-electron chi connectivity index (χ0n) is 24.0. The molecule has 37 heavy (non-hydrogen) atoms. The number of unbranched alkanes of at least 4 members (excludes halogenated alkanes) is 8. The van der Waals surface area contributed by atoms with Gasteiger partial charge < -0.3 is 18.9 Å². The molecule has 2 atom stereocenters. The van der Waals surface area contributed by atoms with Gasteiger partial charge >= 0.3 is 19.8 Å². The number of esters is 2. The van der Waals surface area contributed by atoms with Crippen LogP contribution in [0.25, 0.3) is 0 Å². The maximum Gasteiger partial charge on any atom is 0.472 e. The number of carbonyl (C=O) groups is 2. The zero-order valence-corrected chi connectivity index (χ0v) is 24.8. The van der Waals surface area contributed by atoms with Crippen LogP contribution in [0.4, 0.5) is 0 Å². The number of phosphoric acid groups is 1. The van der Waals surface area contributed by atoms with E-state index in [4.69, 9.17) is 18.5 Å². The molecule has 9 nitrogen and oxygen atoms in total. The molecule has 218 valence electrons. The molecule has 10 heteroatoms. The van der Waals surface area contributed by atoms with Gasteiger partial charge in [0.25, 0.3) is 0 Å². The number of nitrogens with zero attached hydrogens (tertiary/aromatic N) is 1. The second-order valence-corrected chi connectivity index (χ2v) is 11.9. The molecule has 0 aromatic rings. The van der Waals surface area contributed by atoms with Gasteiger partial charge in [0.2, 0.25) is 0 Å². The van der Waals surface area contributed by atoms with E-state index < -0.39 is 32.5 Å². The van der Waals surface area contributed by atoms with Crippen LogP contribution in [-0.4, -0.2) is 74.9 Å². The minimum absolute atomic E-state index is 0.0302. The number of rotatable bonds is 24. The number of carbonyl (C=O) groups excluding carboxylic acids is 2. The van der Waals surface area contributed by atoms with E-state index >= 15 is 0 Å². The Morgan fingerprint density at radius 1 is 0.811 bits per heavy atom. The first kappa shape index (κ1) is 35.8. The summed E-state index contributed by atoms with van der Waals surface area (Å²) in [5.41, 5.74) is 0. The number of likely N-dealkylation sites (N-methyl/N-ethyl adjacent to an activating group) is 1. The van der Waals surface area contributed by atoms with E-state index in [2.05, 4.69) is 19.1 Å². The molecule has 0 rings (SSSR count). The molecule has 0 saturated carbocycles. The van der Waals surface area contributed by atoms with Crippen molar-refractivity contribution in [3.8, 4) is 0 Å². The standard InChI is InChI=1S/C27H52NO8P/c1-6-8-9-10-11-12-13-14-15-16-17-18-20-27(30)36-25(23-33-26(29)19-7-2)24-35-37(31,32)34-22-21-28(3,4)5/h11-12,25H,6-10,13-24H2,1-5H3/p+1/b12-11-. The average Bonchev–Trinajstić information content (AvgIpc) is 2.80. The molecule has 2 unspecified atom stereocenters. The molecule has 0 aromatic carbocycles. The van der Waals surface area contributed by atoms with Gasteiger partial charge in [-0.1, -0.05) is 58.1 Å². The summed E-state index contributed by atoms with van der Waals surface area (Å²) in [6.07, 6.45) is 15.7. The van der Waals surface area contributed by atoms with Crippen LogP contribution in [0.2, 0.25) is 0 Å². The lowest BCUT2D eigenvalue weighted by molar-refractivity contribution is -0.870. The summed E-state index contributed by atoms with van der Waals surface area (Å²) in [6, 6.07) is 0. The van der Waals surface area contributed by atoms with Crippen molar-refractivity contribution in [3.05, 3.63) is 12.2 Å². The van der Waals surface area contributed by atoms with Crippen LogP contribution in [-0.2, 0) is 32.7 Å². The third-order valence-corrected chi connectivity index (χ3v) is 6.50. The average molecular weight is 551 g/mol. The van der Waals surface area contributed by atoms with Crippen molar-refractivity contribution >= 4 is 19.8 Å². The van der Waals surface area contributed by atoms with E-state index in [0.29, 0.717) is 23.9 Å². The summed E-state index contributed by atoms with van der Waals surface area (Å²) in [4.78, 5) is 34.0. The van der Waals surface area contributed by atoms with Crippen molar-refractivity contribution < 1.29 is 42.1 Å². The van der Waals surface area contributed by atoms with E-state index in [1.54, 1.807) is 0 Å². The van der Waals surface area contributed by atoms with Gasteiger partial charge in [-0.05, 0) is 38.5 Å². The fourth-order valence-electron chi connectivity index (χ4n) is 3.28. The largest absolute Gasteiger partial charge is 0.472 e. The highest BCUT2D eigenvalue weighted by Gasteiger charge is 2.26. The van der Waals surface area contributed by atoms with Crippen LogP contribution in [0.5, 0.6) is 0 Å². The molecule has 0 fully saturated rings. The molecule has 0 aliphatic carbocycles. The summed E-state index contributed by atoms with van der Waals surface area (Å²) in [6.45, 7) is 3.95. The highest BCUT2D eigenvalue weighted by Crippen LogP contribution is 2.43. The van der Waals surface area contributed by atoms with E-state index in [1.165, 1.54) is 25.7 Å². The molecule has 0 aliphatic heterocycles. The van der Waals surface area contributed by atoms with Crippen molar-refractivity contribution in [1.29, 1.82) is 0 Å². The van der Waals surface area contributed by atoms with Gasteiger partial charge in [-0.15, -0.1) is 0 Å². The number of ether oxygens (including phenoxy) is 2. The maximum atomic E-state index is 12.3. The van der Waals surface area contributed by atoms with Gasteiger partial charge in [0.05, 0.1) is 27.7 Å². The molecule has 0 saturated heterocycles. The second-order valence-electron chi connectivity index (χ2n) is 10.4. The highest BCUT2D eigenvalue weighted by molar-refractivity contribution is 7.47. The lowest BCUT2D eigenvalue weighted by Gasteiger charge is -2.24. The summed E-state index contributed by atoms with van der Waals surface area (Å²) in [7, 11) is 1.46. The number of allylic oxidation sites excluding steroid dienone is 2. The Bertz CT molecular complexity index is 678. The van der Waals surface area contributed by atoms with Crippen molar-refractivity contribution in [3.63, 3.8) is 0 Å². The normalized spacial score (nSPS) is 14.4. The fourth-order valence-corrected chi connectivity index (χ4v) is 4.02. The van der Waals surface area contributed by atoms with Crippen LogP contribution in [0.3, 0.4) is 0 Å². The van der Waals surface area contributed by atoms with Crippen molar-refractivity contribution in [2.45, 2.75) is 103 Å². The van der Waals surface area contributed by atoms with E-state index in [0.717, 1.165) is 32.1 Å². The van der Waals surface area contributed by atoms with Crippen LogP contribution in [0.15, 0.2) is 12.2 Å². The summed E-state index contributed by atoms with van der Waals surface area (Å²) in [5, 5.41) is 0. The Kier molecular flexibility index (Phi) is 20.9. The topological polar surface area (TPSA) is 108 Å². The zero-order chi connectivity index (χ0) is 28.0. The van der Waals surface area contributed by atoms with Crippen molar-refractivity contribution in [2.75, 3.05) is 47.5 Å². The van der Waals surface area contributed by atoms with E-state index in [1.807, 2.05) is 28.1 Å². The minimum atomic E-state index is -4.33. The van der Waals surface area contributed by atoms with E-state index in [9.17, 15) is 19.0 Å². The molecular formula is C27H53NO8P+. The predicted octanol–water partition coefficient (Wildman–Crippen LogP) is 5.95. The first-order valence-electron chi connectivity index (χ1n) is 13.9. The first-order valence-corrected chi connectivity index (χ1v) is 15.4.